The maximum atomic E-state index is 13.7. The van der Waals surface area contributed by atoms with Gasteiger partial charge < -0.3 is 8.85 Å². The summed E-state index contributed by atoms with van der Waals surface area (Å²) in [6.45, 7) is 0.105. The molecule has 0 spiro atoms. The molecule has 26 heavy (non-hydrogen) atoms. The lowest BCUT2D eigenvalue weighted by Gasteiger charge is -2.41. The minimum atomic E-state index is -7.90. The average Bonchev–Trinajstić information content (AvgIpc) is 2.46. The molecular formula is C10H11F13O2Si. The topological polar surface area (TPSA) is 18.5 Å². The van der Waals surface area contributed by atoms with E-state index in [4.69, 9.17) is 0 Å². The van der Waals surface area contributed by atoms with Crippen LogP contribution < -0.4 is 0 Å². The molecule has 0 aliphatic rings. The molecule has 0 aromatic rings. The molecule has 0 heterocycles. The Kier molecular flexibility index (Phi) is 6.79. The molecule has 0 aromatic heterocycles. The fourth-order valence-electron chi connectivity index (χ4n) is 1.74. The van der Waals surface area contributed by atoms with Crippen LogP contribution in [0.4, 0.5) is 57.1 Å². The summed E-state index contributed by atoms with van der Waals surface area (Å²) < 4.78 is 177. The van der Waals surface area contributed by atoms with Gasteiger partial charge in [0.25, 0.3) is 0 Å². The van der Waals surface area contributed by atoms with Gasteiger partial charge in [-0.25, -0.2) is 0 Å². The first-order valence-electron chi connectivity index (χ1n) is 6.19. The van der Waals surface area contributed by atoms with Crippen LogP contribution in [0.25, 0.3) is 0 Å². The van der Waals surface area contributed by atoms with Gasteiger partial charge in [0.2, 0.25) is 0 Å². The van der Waals surface area contributed by atoms with Gasteiger partial charge in [-0.05, 0) is 0 Å². The van der Waals surface area contributed by atoms with Gasteiger partial charge in [0.15, 0.2) is 0 Å². The summed E-state index contributed by atoms with van der Waals surface area (Å²) >= 11 is 0. The third-order valence-electron chi connectivity index (χ3n) is 3.40. The van der Waals surface area contributed by atoms with Crippen LogP contribution in [0.15, 0.2) is 0 Å². The molecule has 0 radical (unpaired) electrons. The molecule has 0 aromatic carbocycles. The minimum absolute atomic E-state index is 0.105. The molecule has 1 atom stereocenters. The molecule has 0 fully saturated rings. The van der Waals surface area contributed by atoms with Gasteiger partial charge >= 0.3 is 45.1 Å². The second-order valence-electron chi connectivity index (χ2n) is 5.05. The van der Waals surface area contributed by atoms with E-state index in [0.29, 0.717) is 14.2 Å². The Hall–Kier alpha value is -0.773. The number of hydrogen-bond acceptors (Lipinski definition) is 2. The van der Waals surface area contributed by atoms with Crippen molar-refractivity contribution >= 4 is 9.28 Å². The summed E-state index contributed by atoms with van der Waals surface area (Å²) in [6, 6.07) is 0. The molecule has 0 bridgehead atoms. The van der Waals surface area contributed by atoms with Crippen LogP contribution >= 0.6 is 0 Å². The average molecular weight is 438 g/mol. The Labute approximate surface area is 139 Å². The van der Waals surface area contributed by atoms with E-state index < -0.39 is 50.6 Å². The second-order valence-corrected chi connectivity index (χ2v) is 7.73. The summed E-state index contributed by atoms with van der Waals surface area (Å²) in [7, 11) is -2.69. The first-order chi connectivity index (χ1) is 11.2. The third kappa shape index (κ3) is 3.38. The Balaban J connectivity index is 6.32. The molecule has 1 unspecified atom stereocenters. The first-order valence-corrected chi connectivity index (χ1v) is 7.80. The summed E-state index contributed by atoms with van der Waals surface area (Å²) in [5, 5.41) is 0. The Morgan fingerprint density at radius 3 is 1.15 bits per heavy atom. The SMILES string of the molecule is CO[SiH](OC)C(C)C(F)(F)C(F)(F)C(F)(F)C(F)(F)C(F)(F)C(F)(F)F. The molecule has 0 aliphatic carbocycles. The van der Waals surface area contributed by atoms with Gasteiger partial charge in [-0.15, -0.1) is 0 Å². The van der Waals surface area contributed by atoms with E-state index in [1.54, 1.807) is 0 Å². The lowest BCUT2D eigenvalue weighted by Crippen LogP contribution is -2.71. The van der Waals surface area contributed by atoms with Crippen molar-refractivity contribution in [1.82, 2.24) is 0 Å². The standard InChI is InChI=1S/C10H11F13O2Si/c1-4(26(24-2)25-3)5(11,12)6(13,14)7(15,16)8(17,18)9(19,20)10(21,22)23/h4,26H,1-3H3. The number of rotatable bonds is 8. The zero-order chi connectivity index (χ0) is 21.6. The van der Waals surface area contributed by atoms with E-state index >= 15 is 0 Å². The van der Waals surface area contributed by atoms with E-state index in [-0.39, 0.29) is 6.92 Å². The van der Waals surface area contributed by atoms with Crippen molar-refractivity contribution in [2.75, 3.05) is 14.2 Å². The molecule has 2 nitrogen and oxygen atoms in total. The van der Waals surface area contributed by atoms with Crippen LogP contribution in [-0.2, 0) is 8.85 Å². The molecule has 158 valence electrons. The van der Waals surface area contributed by atoms with Crippen LogP contribution in [0.1, 0.15) is 6.92 Å². The highest BCUT2D eigenvalue weighted by molar-refractivity contribution is 6.46. The molecule has 0 saturated heterocycles. The minimum Gasteiger partial charge on any atom is -0.400 e. The van der Waals surface area contributed by atoms with E-state index in [0.717, 1.165) is 0 Å². The van der Waals surface area contributed by atoms with E-state index in [1.807, 2.05) is 0 Å². The zero-order valence-corrected chi connectivity index (χ0v) is 14.0. The molecule has 0 N–H and O–H groups in total. The summed E-state index contributed by atoms with van der Waals surface area (Å²) in [4.78, 5) is 0. The van der Waals surface area contributed by atoms with Crippen LogP contribution in [-0.4, -0.2) is 59.3 Å². The maximum Gasteiger partial charge on any atom is 0.460 e. The first kappa shape index (κ1) is 25.2. The Morgan fingerprint density at radius 2 is 0.885 bits per heavy atom. The zero-order valence-electron chi connectivity index (χ0n) is 12.9. The summed E-state index contributed by atoms with van der Waals surface area (Å²) in [6.07, 6.45) is -7.42. The quantitative estimate of drug-likeness (QED) is 0.407. The maximum absolute atomic E-state index is 13.7. The number of hydrogen-bond donors (Lipinski definition) is 0. The van der Waals surface area contributed by atoms with E-state index in [1.165, 1.54) is 0 Å². The van der Waals surface area contributed by atoms with Crippen molar-refractivity contribution in [3.63, 3.8) is 0 Å². The van der Waals surface area contributed by atoms with E-state index in [2.05, 4.69) is 8.85 Å². The van der Waals surface area contributed by atoms with Crippen LogP contribution in [0.5, 0.6) is 0 Å². The molecule has 0 rings (SSSR count). The fraction of sp³-hybridized carbons (Fsp3) is 1.00. The largest absolute Gasteiger partial charge is 0.460 e. The normalized spacial score (nSPS) is 17.0. The number of alkyl halides is 13. The highest BCUT2D eigenvalue weighted by atomic mass is 28.3. The van der Waals surface area contributed by atoms with Gasteiger partial charge in [0.05, 0.1) is 5.54 Å². The van der Waals surface area contributed by atoms with Crippen molar-refractivity contribution < 1.29 is 65.9 Å². The lowest BCUT2D eigenvalue weighted by atomic mass is 9.93. The molecular weight excluding hydrogens is 427 g/mol. The lowest BCUT2D eigenvalue weighted by molar-refractivity contribution is -0.440. The predicted octanol–water partition coefficient (Wildman–Crippen LogP) is 4.63. The molecule has 0 amide bonds. The van der Waals surface area contributed by atoms with Gasteiger partial charge in [0.1, 0.15) is 0 Å². The fourth-order valence-corrected chi connectivity index (χ4v) is 3.30. The van der Waals surface area contributed by atoms with Gasteiger partial charge in [-0.3, -0.25) is 0 Å². The van der Waals surface area contributed by atoms with Gasteiger partial charge in [0, 0.05) is 14.2 Å². The van der Waals surface area contributed by atoms with Crippen molar-refractivity contribution in [2.45, 2.75) is 48.3 Å². The van der Waals surface area contributed by atoms with Gasteiger partial charge in [-0.1, -0.05) is 6.92 Å². The summed E-state index contributed by atoms with van der Waals surface area (Å²) in [5.74, 6) is -36.9. The van der Waals surface area contributed by atoms with Crippen LogP contribution in [0, 0.1) is 0 Å². The molecule has 16 heteroatoms. The van der Waals surface area contributed by atoms with Crippen molar-refractivity contribution in [1.29, 1.82) is 0 Å². The third-order valence-corrected chi connectivity index (χ3v) is 5.57. The van der Waals surface area contributed by atoms with Crippen molar-refractivity contribution in [2.24, 2.45) is 0 Å². The highest BCUT2D eigenvalue weighted by Crippen LogP contribution is 2.62. The Bertz CT molecular complexity index is 486. The second kappa shape index (κ2) is 6.99. The van der Waals surface area contributed by atoms with Crippen molar-refractivity contribution in [3.05, 3.63) is 0 Å². The monoisotopic (exact) mass is 438 g/mol. The van der Waals surface area contributed by atoms with Gasteiger partial charge in [-0.2, -0.15) is 57.1 Å². The highest BCUT2D eigenvalue weighted by Gasteiger charge is 2.91. The molecule has 0 saturated carbocycles. The molecule has 0 aliphatic heterocycles. The predicted molar refractivity (Wildman–Crippen MR) is 61.4 cm³/mol. The van der Waals surface area contributed by atoms with Crippen LogP contribution in [0.2, 0.25) is 5.54 Å². The van der Waals surface area contributed by atoms with Crippen molar-refractivity contribution in [3.8, 4) is 0 Å². The smallest absolute Gasteiger partial charge is 0.400 e. The summed E-state index contributed by atoms with van der Waals surface area (Å²) in [5.41, 5.74) is -3.02. The number of halogens is 13. The van der Waals surface area contributed by atoms with E-state index in [9.17, 15) is 57.1 Å². The Morgan fingerprint density at radius 1 is 0.577 bits per heavy atom. The van der Waals surface area contributed by atoms with Crippen LogP contribution in [0.3, 0.4) is 0 Å².